The highest BCUT2D eigenvalue weighted by molar-refractivity contribution is 9.10. The van der Waals surface area contributed by atoms with Gasteiger partial charge in [-0.3, -0.25) is 9.80 Å². The van der Waals surface area contributed by atoms with Gasteiger partial charge >= 0.3 is 5.91 Å². The fourth-order valence-corrected chi connectivity index (χ4v) is 1.87. The van der Waals surface area contributed by atoms with Crippen molar-refractivity contribution in [3.05, 3.63) is 0 Å². The lowest BCUT2D eigenvalue weighted by atomic mass is 10.2. The molecule has 1 rings (SSSR count). The zero-order valence-electron chi connectivity index (χ0n) is 8.72. The van der Waals surface area contributed by atoms with Gasteiger partial charge in [0.25, 0.3) is 0 Å². The molecule has 1 N–H and O–H groups in total. The lowest BCUT2D eigenvalue weighted by molar-refractivity contribution is -0.825. The molecule has 0 aromatic carbocycles. The van der Waals surface area contributed by atoms with Crippen LogP contribution in [0.2, 0.25) is 0 Å². The number of nitrogens with one attached hydrogen (secondary N) is 1. The topological polar surface area (TPSA) is 24.8 Å². The highest BCUT2D eigenvalue weighted by Gasteiger charge is 2.28. The van der Waals surface area contributed by atoms with Gasteiger partial charge in [0.15, 0.2) is 0 Å². The zero-order chi connectivity index (χ0) is 9.84. The van der Waals surface area contributed by atoms with Crippen molar-refractivity contribution in [2.24, 2.45) is 0 Å². The van der Waals surface area contributed by atoms with Gasteiger partial charge in [-0.15, -0.1) is 0 Å². The van der Waals surface area contributed by atoms with Crippen LogP contribution in [0, 0.1) is 0 Å². The largest absolute Gasteiger partial charge is 1.00 e. The molecule has 84 valence electrons. The summed E-state index contributed by atoms with van der Waals surface area (Å²) < 4.78 is 0. The molecule has 3 nitrogen and oxygen atoms in total. The number of hydrogen-bond donors (Lipinski definition) is 1. The van der Waals surface area contributed by atoms with E-state index in [-0.39, 0.29) is 21.8 Å². The summed E-state index contributed by atoms with van der Waals surface area (Å²) in [5.74, 6) is 0.329. The molecule has 0 spiro atoms. The van der Waals surface area contributed by atoms with E-state index in [1.165, 1.54) is 0 Å². The molecule has 1 fully saturated rings. The quantitative estimate of drug-likeness (QED) is 0.532. The maximum absolute atomic E-state index is 11.7. The molecule has 5 heteroatoms. The van der Waals surface area contributed by atoms with Crippen molar-refractivity contribution < 1.29 is 26.7 Å². The Bertz CT molecular complexity index is 182. The van der Waals surface area contributed by atoms with Crippen molar-refractivity contribution in [2.75, 3.05) is 33.2 Å². The Morgan fingerprint density at radius 3 is 2.43 bits per heavy atom. The highest BCUT2D eigenvalue weighted by Crippen LogP contribution is 2.02. The third-order valence-electron chi connectivity index (χ3n) is 2.58. The number of rotatable bonds is 2. The van der Waals surface area contributed by atoms with Crippen LogP contribution in [-0.4, -0.2) is 48.9 Å². The first-order chi connectivity index (χ1) is 6.15. The number of carbonyl (C=O) groups is 1. The maximum atomic E-state index is 11.7. The van der Waals surface area contributed by atoms with Gasteiger partial charge in [-0.2, -0.15) is 0 Å². The molecule has 1 atom stereocenters. The first-order valence-corrected chi connectivity index (χ1v) is 5.78. The normalized spacial score (nSPS) is 21.4. The van der Waals surface area contributed by atoms with E-state index in [1.807, 2.05) is 6.92 Å². The third-order valence-corrected chi connectivity index (χ3v) is 3.65. The van der Waals surface area contributed by atoms with Crippen molar-refractivity contribution >= 4 is 21.8 Å². The SMILES string of the molecule is CCC(Br)C(=O)[NH+]1CCN(C)CC1.[Br-]. The van der Waals surface area contributed by atoms with E-state index in [2.05, 4.69) is 27.9 Å². The summed E-state index contributed by atoms with van der Waals surface area (Å²) in [6.45, 7) is 6.01. The van der Waals surface area contributed by atoms with Gasteiger partial charge in [-0.25, -0.2) is 4.79 Å². The van der Waals surface area contributed by atoms with Crippen LogP contribution in [0.1, 0.15) is 13.3 Å². The number of nitrogens with zero attached hydrogens (tertiary/aromatic N) is 1. The van der Waals surface area contributed by atoms with Crippen molar-refractivity contribution in [3.8, 4) is 0 Å². The minimum absolute atomic E-state index is 0. The third kappa shape index (κ3) is 3.96. The van der Waals surface area contributed by atoms with Crippen LogP contribution in [0.5, 0.6) is 0 Å². The number of alkyl halides is 1. The number of carbonyl (C=O) groups excluding carboxylic acids is 1. The van der Waals surface area contributed by atoms with Gasteiger partial charge in [0, 0.05) is 13.1 Å². The van der Waals surface area contributed by atoms with Crippen LogP contribution in [0.3, 0.4) is 0 Å². The Balaban J connectivity index is 0.00000169. The molecule has 0 aromatic heterocycles. The molecular weight excluding hydrogens is 312 g/mol. The predicted molar refractivity (Wildman–Crippen MR) is 56.2 cm³/mol. The second-order valence-corrected chi connectivity index (χ2v) is 4.75. The summed E-state index contributed by atoms with van der Waals surface area (Å²) in [5.41, 5.74) is 0. The molecule has 0 radical (unpaired) electrons. The summed E-state index contributed by atoms with van der Waals surface area (Å²) in [6, 6.07) is 0. The average Bonchev–Trinajstić information content (AvgIpc) is 2.17. The number of likely N-dealkylation sites (N-methyl/N-ethyl adjacent to an activating group) is 1. The molecule has 0 aromatic rings. The predicted octanol–water partition coefficient (Wildman–Crippen LogP) is -3.48. The molecule has 1 aliphatic rings. The molecular formula is C9H18Br2N2O. The highest BCUT2D eigenvalue weighted by atomic mass is 79.9. The van der Waals surface area contributed by atoms with E-state index < -0.39 is 0 Å². The number of halogens is 2. The van der Waals surface area contributed by atoms with Gasteiger partial charge < -0.3 is 17.0 Å². The Hall–Kier alpha value is 0.550. The minimum Gasteiger partial charge on any atom is -1.00 e. The van der Waals surface area contributed by atoms with E-state index in [1.54, 1.807) is 0 Å². The number of amides is 1. The first kappa shape index (κ1) is 14.6. The van der Waals surface area contributed by atoms with E-state index >= 15 is 0 Å². The Morgan fingerprint density at radius 2 is 2.00 bits per heavy atom. The molecule has 1 saturated heterocycles. The summed E-state index contributed by atoms with van der Waals surface area (Å²) in [4.78, 5) is 15.2. The molecule has 0 aliphatic carbocycles. The van der Waals surface area contributed by atoms with Crippen molar-refractivity contribution in [2.45, 2.75) is 18.2 Å². The summed E-state index contributed by atoms with van der Waals surface area (Å²) in [7, 11) is 2.10. The lowest BCUT2D eigenvalue weighted by Gasteiger charge is -2.28. The summed E-state index contributed by atoms with van der Waals surface area (Å²) in [6.07, 6.45) is 0.887. The van der Waals surface area contributed by atoms with Gasteiger partial charge in [0.1, 0.15) is 4.83 Å². The molecule has 1 aliphatic heterocycles. The van der Waals surface area contributed by atoms with Crippen LogP contribution in [0.25, 0.3) is 0 Å². The second-order valence-electron chi connectivity index (χ2n) is 3.65. The zero-order valence-corrected chi connectivity index (χ0v) is 11.9. The minimum atomic E-state index is 0. The average molecular weight is 330 g/mol. The number of quaternary nitrogens is 1. The number of piperazine rings is 1. The van der Waals surface area contributed by atoms with Crippen molar-refractivity contribution in [1.29, 1.82) is 0 Å². The molecule has 1 amide bonds. The smallest absolute Gasteiger partial charge is 0.325 e. The summed E-state index contributed by atoms with van der Waals surface area (Å²) in [5, 5.41) is 0. The number of hydrogen-bond acceptors (Lipinski definition) is 2. The fourth-order valence-electron chi connectivity index (χ4n) is 1.54. The van der Waals surface area contributed by atoms with Gasteiger partial charge in [-0.1, -0.05) is 22.9 Å². The van der Waals surface area contributed by atoms with Gasteiger partial charge in [0.2, 0.25) is 0 Å². The molecule has 14 heavy (non-hydrogen) atoms. The lowest BCUT2D eigenvalue weighted by Crippen LogP contribution is -3.18. The van der Waals surface area contributed by atoms with E-state index in [0.29, 0.717) is 5.91 Å². The van der Waals surface area contributed by atoms with Crippen LogP contribution in [-0.2, 0) is 4.79 Å². The summed E-state index contributed by atoms with van der Waals surface area (Å²) >= 11 is 3.41. The molecule has 0 saturated carbocycles. The van der Waals surface area contributed by atoms with Crippen molar-refractivity contribution in [3.63, 3.8) is 0 Å². The van der Waals surface area contributed by atoms with Crippen LogP contribution >= 0.6 is 15.9 Å². The first-order valence-electron chi connectivity index (χ1n) is 4.86. The van der Waals surface area contributed by atoms with Crippen LogP contribution in [0.15, 0.2) is 0 Å². The van der Waals surface area contributed by atoms with Crippen molar-refractivity contribution in [1.82, 2.24) is 4.90 Å². The fraction of sp³-hybridized carbons (Fsp3) is 0.889. The van der Waals surface area contributed by atoms with E-state index in [0.717, 1.165) is 37.5 Å². The van der Waals surface area contributed by atoms with Crippen LogP contribution in [0.4, 0.5) is 0 Å². The standard InChI is InChI=1S/C9H17BrN2O.BrH/c1-3-8(10)9(13)12-6-4-11(2)5-7-12;/h8H,3-7H2,1-2H3;1H. The Morgan fingerprint density at radius 1 is 1.50 bits per heavy atom. The van der Waals surface area contributed by atoms with E-state index in [9.17, 15) is 4.79 Å². The monoisotopic (exact) mass is 328 g/mol. The molecule has 1 heterocycles. The van der Waals surface area contributed by atoms with Crippen LogP contribution < -0.4 is 21.9 Å². The molecule has 0 bridgehead atoms. The van der Waals surface area contributed by atoms with E-state index in [4.69, 9.17) is 0 Å². The van der Waals surface area contributed by atoms with Gasteiger partial charge in [0.05, 0.1) is 13.1 Å². The second kappa shape index (κ2) is 6.93. The molecule has 1 unspecified atom stereocenters. The Kier molecular flexibility index (Phi) is 7.20. The Labute approximate surface area is 105 Å². The van der Waals surface area contributed by atoms with Gasteiger partial charge in [-0.05, 0) is 13.5 Å². The maximum Gasteiger partial charge on any atom is 0.325 e.